The third kappa shape index (κ3) is 5.26. The number of hydrogen-bond donors (Lipinski definition) is 2. The van der Waals surface area contributed by atoms with E-state index in [9.17, 15) is 4.79 Å². The van der Waals surface area contributed by atoms with Crippen molar-refractivity contribution >= 4 is 11.7 Å². The fourth-order valence-electron chi connectivity index (χ4n) is 1.63. The summed E-state index contributed by atoms with van der Waals surface area (Å²) in [7, 11) is 1.63. The maximum atomic E-state index is 12.1. The summed E-state index contributed by atoms with van der Waals surface area (Å²) in [6.45, 7) is 5.45. The third-order valence-corrected chi connectivity index (χ3v) is 2.73. The van der Waals surface area contributed by atoms with Gasteiger partial charge in [0.1, 0.15) is 11.5 Å². The highest BCUT2D eigenvalue weighted by atomic mass is 16.5. The number of aromatic nitrogens is 1. The first kappa shape index (κ1) is 15.4. The Morgan fingerprint density at radius 1 is 1.42 bits per heavy atom. The molecule has 1 rings (SSSR count). The molecule has 0 radical (unpaired) electrons. The molecule has 0 fully saturated rings. The Labute approximate surface area is 114 Å². The van der Waals surface area contributed by atoms with Gasteiger partial charge in [-0.15, -0.1) is 0 Å². The Kier molecular flexibility index (Phi) is 6.89. The zero-order valence-corrected chi connectivity index (χ0v) is 11.9. The molecule has 1 aromatic rings. The monoisotopic (exact) mass is 265 g/mol. The minimum absolute atomic E-state index is 0.0200. The number of rotatable bonds is 8. The van der Waals surface area contributed by atoms with Gasteiger partial charge >= 0.3 is 0 Å². The van der Waals surface area contributed by atoms with Crippen LogP contribution in [-0.4, -0.2) is 37.2 Å². The smallest absolute Gasteiger partial charge is 0.270 e. The van der Waals surface area contributed by atoms with E-state index >= 15 is 0 Å². The van der Waals surface area contributed by atoms with E-state index in [1.54, 1.807) is 13.2 Å². The minimum Gasteiger partial charge on any atom is -0.383 e. The van der Waals surface area contributed by atoms with E-state index in [1.807, 2.05) is 19.1 Å². The Balaban J connectivity index is 2.65. The summed E-state index contributed by atoms with van der Waals surface area (Å²) in [5, 5.41) is 6.08. The molecule has 1 atom stereocenters. The van der Waals surface area contributed by atoms with Crippen molar-refractivity contribution in [3.8, 4) is 0 Å². The highest BCUT2D eigenvalue weighted by Crippen LogP contribution is 2.05. The van der Waals surface area contributed by atoms with Crippen molar-refractivity contribution in [1.82, 2.24) is 10.3 Å². The lowest BCUT2D eigenvalue weighted by Gasteiger charge is -2.15. The van der Waals surface area contributed by atoms with Gasteiger partial charge in [0.15, 0.2) is 0 Å². The molecular weight excluding hydrogens is 242 g/mol. The zero-order valence-electron chi connectivity index (χ0n) is 11.9. The minimum atomic E-state index is -0.163. The van der Waals surface area contributed by atoms with Gasteiger partial charge in [-0.3, -0.25) is 4.79 Å². The largest absolute Gasteiger partial charge is 0.383 e. The summed E-state index contributed by atoms with van der Waals surface area (Å²) >= 11 is 0. The van der Waals surface area contributed by atoms with E-state index in [0.717, 1.165) is 25.2 Å². The number of pyridine rings is 1. The summed E-state index contributed by atoms with van der Waals surface area (Å²) in [4.78, 5) is 16.4. The fraction of sp³-hybridized carbons (Fsp3) is 0.571. The van der Waals surface area contributed by atoms with E-state index < -0.39 is 0 Å². The average molecular weight is 265 g/mol. The number of ether oxygens (including phenoxy) is 1. The number of anilines is 1. The predicted molar refractivity (Wildman–Crippen MR) is 76.4 cm³/mol. The molecule has 0 aliphatic heterocycles. The van der Waals surface area contributed by atoms with E-state index in [4.69, 9.17) is 4.74 Å². The number of carbonyl (C=O) groups is 1. The molecule has 19 heavy (non-hydrogen) atoms. The van der Waals surface area contributed by atoms with Gasteiger partial charge in [-0.25, -0.2) is 4.98 Å². The van der Waals surface area contributed by atoms with E-state index in [0.29, 0.717) is 12.3 Å². The van der Waals surface area contributed by atoms with Gasteiger partial charge < -0.3 is 15.4 Å². The van der Waals surface area contributed by atoms with Gasteiger partial charge in [-0.1, -0.05) is 19.9 Å². The standard InChI is InChI=1S/C14H23N3O2/c1-4-9-15-13-8-6-7-12(17-13)14(18)16-11(5-2)10-19-3/h6-8,11H,4-5,9-10H2,1-3H3,(H,15,17)(H,16,18). The van der Waals surface area contributed by atoms with Gasteiger partial charge in [-0.05, 0) is 25.0 Å². The molecule has 106 valence electrons. The third-order valence-electron chi connectivity index (χ3n) is 2.73. The van der Waals surface area contributed by atoms with Crippen LogP contribution in [0.2, 0.25) is 0 Å². The zero-order chi connectivity index (χ0) is 14.1. The second kappa shape index (κ2) is 8.48. The van der Waals surface area contributed by atoms with Crippen LogP contribution in [0.3, 0.4) is 0 Å². The normalized spacial score (nSPS) is 11.9. The molecular formula is C14H23N3O2. The van der Waals surface area contributed by atoms with Crippen LogP contribution in [0.15, 0.2) is 18.2 Å². The van der Waals surface area contributed by atoms with Crippen LogP contribution in [-0.2, 0) is 4.74 Å². The van der Waals surface area contributed by atoms with Gasteiger partial charge in [0.05, 0.1) is 12.6 Å². The topological polar surface area (TPSA) is 63.2 Å². The van der Waals surface area contributed by atoms with E-state index in [2.05, 4.69) is 22.5 Å². The number of methoxy groups -OCH3 is 1. The second-order valence-corrected chi connectivity index (χ2v) is 4.37. The summed E-state index contributed by atoms with van der Waals surface area (Å²) in [6.07, 6.45) is 1.84. The van der Waals surface area contributed by atoms with Crippen molar-refractivity contribution in [3.05, 3.63) is 23.9 Å². The molecule has 0 aliphatic rings. The number of amides is 1. The van der Waals surface area contributed by atoms with Crippen LogP contribution in [0.25, 0.3) is 0 Å². The first-order valence-electron chi connectivity index (χ1n) is 6.72. The van der Waals surface area contributed by atoms with Crippen molar-refractivity contribution in [3.63, 3.8) is 0 Å². The number of nitrogens with zero attached hydrogens (tertiary/aromatic N) is 1. The molecule has 1 heterocycles. The Bertz CT molecular complexity index is 396. The van der Waals surface area contributed by atoms with Gasteiger partial charge in [-0.2, -0.15) is 0 Å². The number of carbonyl (C=O) groups excluding carboxylic acids is 1. The summed E-state index contributed by atoms with van der Waals surface area (Å²) in [5.41, 5.74) is 0.427. The predicted octanol–water partition coefficient (Wildman–Crippen LogP) is 2.06. The second-order valence-electron chi connectivity index (χ2n) is 4.37. The molecule has 0 saturated carbocycles. The lowest BCUT2D eigenvalue weighted by Crippen LogP contribution is -2.37. The van der Waals surface area contributed by atoms with Gasteiger partial charge in [0, 0.05) is 13.7 Å². The van der Waals surface area contributed by atoms with Crippen molar-refractivity contribution in [2.45, 2.75) is 32.7 Å². The van der Waals surface area contributed by atoms with Crippen LogP contribution in [0.5, 0.6) is 0 Å². The van der Waals surface area contributed by atoms with E-state index in [-0.39, 0.29) is 11.9 Å². The first-order valence-corrected chi connectivity index (χ1v) is 6.72. The van der Waals surface area contributed by atoms with Crippen LogP contribution in [0, 0.1) is 0 Å². The van der Waals surface area contributed by atoms with Crippen LogP contribution in [0.4, 0.5) is 5.82 Å². The van der Waals surface area contributed by atoms with Crippen molar-refractivity contribution in [1.29, 1.82) is 0 Å². The number of hydrogen-bond acceptors (Lipinski definition) is 4. The first-order chi connectivity index (χ1) is 9.21. The maximum Gasteiger partial charge on any atom is 0.270 e. The summed E-state index contributed by atoms with van der Waals surface area (Å²) in [6, 6.07) is 5.42. The summed E-state index contributed by atoms with van der Waals surface area (Å²) < 4.78 is 5.06. The molecule has 0 aromatic carbocycles. The SMILES string of the molecule is CCCNc1cccc(C(=O)NC(CC)COC)n1. The highest BCUT2D eigenvalue weighted by Gasteiger charge is 2.13. The maximum absolute atomic E-state index is 12.1. The van der Waals surface area contributed by atoms with Crippen LogP contribution < -0.4 is 10.6 Å². The quantitative estimate of drug-likeness (QED) is 0.755. The fourth-order valence-corrected chi connectivity index (χ4v) is 1.63. The summed E-state index contributed by atoms with van der Waals surface area (Å²) in [5.74, 6) is 0.568. The van der Waals surface area contributed by atoms with Crippen LogP contribution >= 0.6 is 0 Å². The highest BCUT2D eigenvalue weighted by molar-refractivity contribution is 5.92. The van der Waals surface area contributed by atoms with Crippen molar-refractivity contribution in [2.24, 2.45) is 0 Å². The molecule has 0 aliphatic carbocycles. The van der Waals surface area contributed by atoms with Crippen molar-refractivity contribution in [2.75, 3.05) is 25.6 Å². The molecule has 0 saturated heterocycles. The Morgan fingerprint density at radius 2 is 2.21 bits per heavy atom. The Hall–Kier alpha value is -1.62. The molecule has 1 amide bonds. The molecule has 0 bridgehead atoms. The van der Waals surface area contributed by atoms with Gasteiger partial charge in [0.25, 0.3) is 5.91 Å². The Morgan fingerprint density at radius 3 is 2.84 bits per heavy atom. The van der Waals surface area contributed by atoms with Crippen molar-refractivity contribution < 1.29 is 9.53 Å². The molecule has 5 heteroatoms. The number of nitrogens with one attached hydrogen (secondary N) is 2. The molecule has 1 aromatic heterocycles. The average Bonchev–Trinajstić information content (AvgIpc) is 2.44. The lowest BCUT2D eigenvalue weighted by molar-refractivity contribution is 0.0890. The van der Waals surface area contributed by atoms with E-state index in [1.165, 1.54) is 0 Å². The lowest BCUT2D eigenvalue weighted by atomic mass is 10.2. The molecule has 5 nitrogen and oxygen atoms in total. The molecule has 2 N–H and O–H groups in total. The van der Waals surface area contributed by atoms with Gasteiger partial charge in [0.2, 0.25) is 0 Å². The molecule has 0 spiro atoms. The van der Waals surface area contributed by atoms with Crippen LogP contribution in [0.1, 0.15) is 37.2 Å². The molecule has 1 unspecified atom stereocenters.